The lowest BCUT2D eigenvalue weighted by Crippen LogP contribution is -2.18. The lowest BCUT2D eigenvalue weighted by molar-refractivity contribution is 0.599. The molecule has 0 bridgehead atoms. The van der Waals surface area contributed by atoms with Crippen molar-refractivity contribution in [3.8, 4) is 0 Å². The summed E-state index contributed by atoms with van der Waals surface area (Å²) >= 11 is 0. The molecule has 5 heteroatoms. The first-order chi connectivity index (χ1) is 8.06. The van der Waals surface area contributed by atoms with E-state index >= 15 is 0 Å². The van der Waals surface area contributed by atoms with E-state index in [2.05, 4.69) is 5.32 Å². The maximum atomic E-state index is 13.1. The van der Waals surface area contributed by atoms with E-state index in [1.165, 1.54) is 17.5 Å². The molecule has 0 amide bonds. The summed E-state index contributed by atoms with van der Waals surface area (Å²) in [7, 11) is -3.45. The van der Waals surface area contributed by atoms with Crippen molar-refractivity contribution in [1.82, 2.24) is 5.32 Å². The number of halogens is 1. The van der Waals surface area contributed by atoms with Crippen LogP contribution in [0.1, 0.15) is 18.4 Å². The highest BCUT2D eigenvalue weighted by Crippen LogP contribution is 2.33. The van der Waals surface area contributed by atoms with Crippen LogP contribution in [-0.4, -0.2) is 21.0 Å². The van der Waals surface area contributed by atoms with Crippen molar-refractivity contribution in [2.45, 2.75) is 23.8 Å². The fourth-order valence-electron chi connectivity index (χ4n) is 1.99. The number of benzene rings is 1. The smallest absolute Gasteiger partial charge is 0.200 e. The van der Waals surface area contributed by atoms with Gasteiger partial charge in [0.2, 0.25) is 9.84 Å². The van der Waals surface area contributed by atoms with Gasteiger partial charge in [0.1, 0.15) is 5.82 Å². The first kappa shape index (κ1) is 10.9. The summed E-state index contributed by atoms with van der Waals surface area (Å²) in [5.74, 6) is -0.517. The van der Waals surface area contributed by atoms with Crippen LogP contribution in [0.2, 0.25) is 0 Å². The van der Waals surface area contributed by atoms with Crippen molar-refractivity contribution >= 4 is 15.4 Å². The maximum Gasteiger partial charge on any atom is 0.200 e. The standard InChI is InChI=1S/C12H12FNO2S/c13-9-1-4-11-8(6-14-10-2-3-10)7-17(15,16)12(11)5-9/h1,4-5,7,10,14H,2-3,6H2. The Balaban J connectivity index is 1.96. The molecule has 3 rings (SSSR count). The van der Waals surface area contributed by atoms with Crippen LogP contribution >= 0.6 is 0 Å². The Labute approximate surface area is 99.3 Å². The molecule has 0 atom stereocenters. The van der Waals surface area contributed by atoms with Crippen molar-refractivity contribution in [1.29, 1.82) is 0 Å². The van der Waals surface area contributed by atoms with Gasteiger partial charge in [0.05, 0.1) is 4.90 Å². The second-order valence-electron chi connectivity index (χ2n) is 4.48. The second-order valence-corrected chi connectivity index (χ2v) is 6.25. The third kappa shape index (κ3) is 2.00. The number of nitrogens with one attached hydrogen (secondary N) is 1. The van der Waals surface area contributed by atoms with E-state index in [9.17, 15) is 12.8 Å². The van der Waals surface area contributed by atoms with Gasteiger partial charge in [-0.3, -0.25) is 0 Å². The van der Waals surface area contributed by atoms with Gasteiger partial charge in [-0.2, -0.15) is 0 Å². The fourth-order valence-corrected chi connectivity index (χ4v) is 3.48. The Morgan fingerprint density at radius 3 is 2.82 bits per heavy atom. The molecule has 1 saturated carbocycles. The van der Waals surface area contributed by atoms with Crippen LogP contribution in [0, 0.1) is 5.82 Å². The van der Waals surface area contributed by atoms with Crippen LogP contribution in [0.15, 0.2) is 28.5 Å². The molecule has 2 aliphatic rings. The lowest BCUT2D eigenvalue weighted by atomic mass is 10.1. The zero-order valence-corrected chi connectivity index (χ0v) is 9.93. The summed E-state index contributed by atoms with van der Waals surface area (Å²) in [4.78, 5) is 0.0881. The number of hydrogen-bond donors (Lipinski definition) is 1. The molecule has 1 fully saturated rings. The van der Waals surface area contributed by atoms with Crippen LogP contribution in [0.3, 0.4) is 0 Å². The van der Waals surface area contributed by atoms with Gasteiger partial charge in [0.15, 0.2) is 0 Å². The van der Waals surface area contributed by atoms with Crippen LogP contribution in [-0.2, 0) is 9.84 Å². The van der Waals surface area contributed by atoms with E-state index in [4.69, 9.17) is 0 Å². The van der Waals surface area contributed by atoms with Crippen molar-refractivity contribution in [3.05, 3.63) is 35.0 Å². The van der Waals surface area contributed by atoms with Gasteiger partial charge in [0, 0.05) is 18.0 Å². The highest BCUT2D eigenvalue weighted by molar-refractivity contribution is 7.95. The number of rotatable bonds is 3. The average molecular weight is 253 g/mol. The van der Waals surface area contributed by atoms with Gasteiger partial charge in [-0.1, -0.05) is 6.07 Å². The summed E-state index contributed by atoms with van der Waals surface area (Å²) in [5, 5.41) is 4.51. The van der Waals surface area contributed by atoms with Crippen molar-refractivity contribution in [2.75, 3.05) is 6.54 Å². The molecule has 17 heavy (non-hydrogen) atoms. The molecular formula is C12H12FNO2S. The molecule has 0 unspecified atom stereocenters. The van der Waals surface area contributed by atoms with Gasteiger partial charge in [0.25, 0.3) is 0 Å². The Kier molecular flexibility index (Phi) is 2.34. The third-order valence-corrected chi connectivity index (χ3v) is 4.60. The first-order valence-corrected chi connectivity index (χ1v) is 7.10. The minimum absolute atomic E-state index is 0.0881. The topological polar surface area (TPSA) is 46.2 Å². The second kappa shape index (κ2) is 3.65. The van der Waals surface area contributed by atoms with Crippen LogP contribution < -0.4 is 5.32 Å². The summed E-state index contributed by atoms with van der Waals surface area (Å²) in [6.45, 7) is 0.530. The molecule has 1 aromatic carbocycles. The monoisotopic (exact) mass is 253 g/mol. The molecule has 0 saturated heterocycles. The Morgan fingerprint density at radius 1 is 1.35 bits per heavy atom. The summed E-state index contributed by atoms with van der Waals surface area (Å²) in [5.41, 5.74) is 1.35. The zero-order chi connectivity index (χ0) is 12.0. The predicted molar refractivity (Wildman–Crippen MR) is 62.6 cm³/mol. The highest BCUT2D eigenvalue weighted by atomic mass is 32.2. The van der Waals surface area contributed by atoms with Crippen LogP contribution in [0.25, 0.3) is 5.57 Å². The molecule has 1 heterocycles. The molecule has 0 radical (unpaired) electrons. The van der Waals surface area contributed by atoms with E-state index in [1.54, 1.807) is 0 Å². The number of hydrogen-bond acceptors (Lipinski definition) is 3. The van der Waals surface area contributed by atoms with Gasteiger partial charge < -0.3 is 5.32 Å². The van der Waals surface area contributed by atoms with E-state index in [0.717, 1.165) is 24.5 Å². The fraction of sp³-hybridized carbons (Fsp3) is 0.333. The van der Waals surface area contributed by atoms with Gasteiger partial charge >= 0.3 is 0 Å². The molecular weight excluding hydrogens is 241 g/mol. The lowest BCUT2D eigenvalue weighted by Gasteiger charge is -2.05. The van der Waals surface area contributed by atoms with Gasteiger partial charge in [-0.15, -0.1) is 0 Å². The zero-order valence-electron chi connectivity index (χ0n) is 9.11. The van der Waals surface area contributed by atoms with E-state index in [1.807, 2.05) is 0 Å². The van der Waals surface area contributed by atoms with Gasteiger partial charge in [-0.25, -0.2) is 12.8 Å². The molecule has 0 aromatic heterocycles. The summed E-state index contributed by atoms with van der Waals surface area (Å²) in [6.07, 6.45) is 2.30. The van der Waals surface area contributed by atoms with Crippen molar-refractivity contribution < 1.29 is 12.8 Å². The average Bonchev–Trinajstić information content (AvgIpc) is 3.04. The minimum Gasteiger partial charge on any atom is -0.310 e. The molecule has 90 valence electrons. The van der Waals surface area contributed by atoms with Gasteiger partial charge in [-0.05, 0) is 36.1 Å². The Bertz CT molecular complexity index is 603. The van der Waals surface area contributed by atoms with E-state index < -0.39 is 15.7 Å². The molecule has 1 aromatic rings. The molecule has 3 nitrogen and oxygen atoms in total. The SMILES string of the molecule is O=S1(=O)C=C(CNC2CC2)c2ccc(F)cc21. The first-order valence-electron chi connectivity index (χ1n) is 5.55. The quantitative estimate of drug-likeness (QED) is 0.892. The molecule has 1 N–H and O–H groups in total. The minimum atomic E-state index is -3.45. The van der Waals surface area contributed by atoms with E-state index in [-0.39, 0.29) is 4.90 Å². The van der Waals surface area contributed by atoms with Crippen molar-refractivity contribution in [3.63, 3.8) is 0 Å². The molecule has 1 aliphatic heterocycles. The van der Waals surface area contributed by atoms with Crippen LogP contribution in [0.4, 0.5) is 4.39 Å². The maximum absolute atomic E-state index is 13.1. The number of fused-ring (bicyclic) bond motifs is 1. The summed E-state index contributed by atoms with van der Waals surface area (Å²) < 4.78 is 36.7. The van der Waals surface area contributed by atoms with E-state index in [0.29, 0.717) is 18.2 Å². The largest absolute Gasteiger partial charge is 0.310 e. The third-order valence-electron chi connectivity index (χ3n) is 3.05. The Hall–Kier alpha value is -1.20. The van der Waals surface area contributed by atoms with Crippen molar-refractivity contribution in [2.24, 2.45) is 0 Å². The normalized spacial score (nSPS) is 21.1. The molecule has 1 aliphatic carbocycles. The Morgan fingerprint density at radius 2 is 2.12 bits per heavy atom. The predicted octanol–water partition coefficient (Wildman–Crippen LogP) is 1.71. The summed E-state index contributed by atoms with van der Waals surface area (Å²) in [6, 6.07) is 4.44. The van der Waals surface area contributed by atoms with Crippen LogP contribution in [0.5, 0.6) is 0 Å². The number of sulfone groups is 1. The molecule has 0 spiro atoms. The highest BCUT2D eigenvalue weighted by Gasteiger charge is 2.28.